The fourth-order valence-electron chi connectivity index (χ4n) is 7.01. The molecule has 42 heavy (non-hydrogen) atoms. The molecule has 1 aromatic carbocycles. The van der Waals surface area contributed by atoms with Crippen molar-refractivity contribution in [2.24, 2.45) is 16.7 Å². The number of nitrogens with one attached hydrogen (secondary N) is 3. The predicted octanol–water partition coefficient (Wildman–Crippen LogP) is 4.68. The molecule has 0 bridgehead atoms. The fourth-order valence-corrected chi connectivity index (χ4v) is 7.40. The van der Waals surface area contributed by atoms with E-state index in [9.17, 15) is 9.59 Å². The molecule has 2 fully saturated rings. The number of hydrogen-bond acceptors (Lipinski definition) is 6. The van der Waals surface area contributed by atoms with Crippen molar-refractivity contribution < 1.29 is 14.0 Å². The van der Waals surface area contributed by atoms with Gasteiger partial charge in [-0.05, 0) is 55.6 Å². The molecular weight excluding hydrogens is 576 g/mol. The highest BCUT2D eigenvalue weighted by molar-refractivity contribution is 6.31. The van der Waals surface area contributed by atoms with Gasteiger partial charge in [0.1, 0.15) is 12.1 Å². The number of allylic oxidation sites excluding steroid dienone is 4. The lowest BCUT2D eigenvalue weighted by Crippen LogP contribution is -2.50. The van der Waals surface area contributed by atoms with Crippen LogP contribution in [-0.2, 0) is 9.59 Å². The molecule has 3 N–H and O–H groups in total. The number of amides is 1. The molecule has 4 rings (SSSR count). The minimum atomic E-state index is -1.16. The van der Waals surface area contributed by atoms with Gasteiger partial charge in [0.2, 0.25) is 5.91 Å². The number of halogens is 3. The largest absolute Gasteiger partial charge is 0.391 e. The predicted molar refractivity (Wildman–Crippen MR) is 168 cm³/mol. The first kappa shape index (κ1) is 32.9. The second-order valence-electron chi connectivity index (χ2n) is 13.3. The van der Waals surface area contributed by atoms with Crippen molar-refractivity contribution in [3.8, 4) is 0 Å². The van der Waals surface area contributed by atoms with E-state index in [1.165, 1.54) is 0 Å². The van der Waals surface area contributed by atoms with Crippen molar-refractivity contribution in [3.63, 3.8) is 0 Å². The third-order valence-corrected chi connectivity index (χ3v) is 9.66. The van der Waals surface area contributed by atoms with Crippen molar-refractivity contribution in [1.82, 2.24) is 25.8 Å². The van der Waals surface area contributed by atoms with Crippen LogP contribution in [0.4, 0.5) is 4.39 Å². The molecule has 7 nitrogen and oxygen atoms in total. The molecule has 0 spiro atoms. The van der Waals surface area contributed by atoms with Crippen LogP contribution in [0.1, 0.15) is 51.5 Å². The third-order valence-electron chi connectivity index (χ3n) is 9.11. The Labute approximate surface area is 260 Å². The highest BCUT2D eigenvalue weighted by Gasteiger charge is 2.62. The molecule has 0 aromatic heterocycles. The van der Waals surface area contributed by atoms with Gasteiger partial charge >= 0.3 is 0 Å². The van der Waals surface area contributed by atoms with E-state index in [4.69, 9.17) is 23.2 Å². The summed E-state index contributed by atoms with van der Waals surface area (Å²) in [6.07, 6.45) is 3.93. The quantitative estimate of drug-likeness (QED) is 0.260. The zero-order valence-electron chi connectivity index (χ0n) is 25.5. The lowest BCUT2D eigenvalue weighted by molar-refractivity contribution is -0.124. The maximum atomic E-state index is 15.2. The molecule has 2 saturated heterocycles. The van der Waals surface area contributed by atoms with Crippen LogP contribution in [0.2, 0.25) is 5.02 Å². The molecule has 1 unspecified atom stereocenters. The summed E-state index contributed by atoms with van der Waals surface area (Å²) in [5, 5.41) is 10.5. The summed E-state index contributed by atoms with van der Waals surface area (Å²) in [7, 11) is 3.89. The van der Waals surface area contributed by atoms with E-state index in [1.807, 2.05) is 18.2 Å². The topological polar surface area (TPSA) is 76.7 Å². The maximum Gasteiger partial charge on any atom is 0.237 e. The second-order valence-corrected chi connectivity index (χ2v) is 14.1. The highest BCUT2D eigenvalue weighted by Crippen LogP contribution is 2.57. The molecule has 5 atom stereocenters. The van der Waals surface area contributed by atoms with Crippen LogP contribution in [0.5, 0.6) is 0 Å². The fraction of sp³-hybridized carbons (Fsp3) is 0.625. The lowest BCUT2D eigenvalue weighted by Gasteiger charge is -2.45. The van der Waals surface area contributed by atoms with Gasteiger partial charge in [-0.1, -0.05) is 56.1 Å². The van der Waals surface area contributed by atoms with Crippen LogP contribution in [-0.4, -0.2) is 87.4 Å². The Balaban J connectivity index is 1.69. The molecular formula is C32H46Cl2FN5O2. The summed E-state index contributed by atoms with van der Waals surface area (Å²) >= 11 is 12.7. The van der Waals surface area contributed by atoms with Gasteiger partial charge in [0.05, 0.1) is 16.5 Å². The van der Waals surface area contributed by atoms with Gasteiger partial charge in [-0.2, -0.15) is 0 Å². The Morgan fingerprint density at radius 2 is 1.93 bits per heavy atom. The van der Waals surface area contributed by atoms with Crippen molar-refractivity contribution in [3.05, 3.63) is 57.5 Å². The van der Waals surface area contributed by atoms with Crippen LogP contribution >= 0.6 is 23.2 Å². The summed E-state index contributed by atoms with van der Waals surface area (Å²) in [5.74, 6) is -1.79. The van der Waals surface area contributed by atoms with Crippen molar-refractivity contribution in [2.45, 2.75) is 58.0 Å². The third kappa shape index (κ3) is 7.21. The van der Waals surface area contributed by atoms with Crippen LogP contribution < -0.4 is 16.0 Å². The SMILES string of the molecule is CNC1=CC(Cl)=C(F)CC1[C@]1(C=O)[C@@H](CC(C)(C)C)N[C@@H](C(=O)NCCCN2CCN(C)CC2)[C@@H]1c1cccc(Cl)c1. The van der Waals surface area contributed by atoms with Crippen LogP contribution in [0.15, 0.2) is 46.9 Å². The number of likely N-dealkylation sites (N-methyl/N-ethyl adjacent to an activating group) is 1. The zero-order valence-corrected chi connectivity index (χ0v) is 27.0. The van der Waals surface area contributed by atoms with Crippen LogP contribution in [0.3, 0.4) is 0 Å². The first-order chi connectivity index (χ1) is 19.9. The summed E-state index contributed by atoms with van der Waals surface area (Å²) < 4.78 is 15.2. The first-order valence-corrected chi connectivity index (χ1v) is 15.7. The van der Waals surface area contributed by atoms with E-state index in [0.29, 0.717) is 23.7 Å². The Kier molecular flexibility index (Phi) is 10.8. The van der Waals surface area contributed by atoms with Crippen LogP contribution in [0, 0.1) is 16.7 Å². The number of carbonyl (C=O) groups excluding carboxylic acids is 2. The highest BCUT2D eigenvalue weighted by atomic mass is 35.5. The van der Waals surface area contributed by atoms with E-state index in [2.05, 4.69) is 53.6 Å². The zero-order chi connectivity index (χ0) is 30.7. The van der Waals surface area contributed by atoms with E-state index >= 15 is 4.39 Å². The lowest BCUT2D eigenvalue weighted by atomic mass is 9.58. The van der Waals surface area contributed by atoms with Gasteiger partial charge in [0.15, 0.2) is 0 Å². The van der Waals surface area contributed by atoms with E-state index in [0.717, 1.165) is 51.0 Å². The molecule has 0 saturated carbocycles. The Morgan fingerprint density at radius 1 is 1.21 bits per heavy atom. The number of hydrogen-bond donors (Lipinski definition) is 3. The monoisotopic (exact) mass is 621 g/mol. The van der Waals surface area contributed by atoms with Crippen LogP contribution in [0.25, 0.3) is 0 Å². The van der Waals surface area contributed by atoms with Gasteiger partial charge in [-0.3, -0.25) is 4.79 Å². The van der Waals surface area contributed by atoms with Gasteiger partial charge < -0.3 is 30.5 Å². The summed E-state index contributed by atoms with van der Waals surface area (Å²) in [4.78, 5) is 32.4. The number of carbonyl (C=O) groups is 2. The number of piperazine rings is 1. The average molecular weight is 623 g/mol. The van der Waals surface area contributed by atoms with Crippen molar-refractivity contribution in [2.75, 3.05) is 53.4 Å². The van der Waals surface area contributed by atoms with E-state index < -0.39 is 35.2 Å². The number of aldehydes is 1. The minimum absolute atomic E-state index is 0.0314. The summed E-state index contributed by atoms with van der Waals surface area (Å²) in [5.41, 5.74) is 0.106. The molecule has 10 heteroatoms. The van der Waals surface area contributed by atoms with Crippen molar-refractivity contribution >= 4 is 35.4 Å². The molecule has 0 radical (unpaired) electrons. The molecule has 232 valence electrons. The Morgan fingerprint density at radius 3 is 2.55 bits per heavy atom. The molecule has 3 aliphatic rings. The average Bonchev–Trinajstić information content (AvgIpc) is 3.26. The molecule has 1 aromatic rings. The summed E-state index contributed by atoms with van der Waals surface area (Å²) in [6.45, 7) is 11.9. The Hall–Kier alpha value is -1.97. The second kappa shape index (κ2) is 13.8. The normalized spacial score (nSPS) is 29.4. The van der Waals surface area contributed by atoms with E-state index in [1.54, 1.807) is 19.2 Å². The maximum absolute atomic E-state index is 15.2. The summed E-state index contributed by atoms with van der Waals surface area (Å²) in [6, 6.07) is 6.22. The van der Waals surface area contributed by atoms with Gasteiger partial charge in [0, 0.05) is 74.8 Å². The van der Waals surface area contributed by atoms with Crippen molar-refractivity contribution in [1.29, 1.82) is 0 Å². The molecule has 1 amide bonds. The van der Waals surface area contributed by atoms with Gasteiger partial charge in [-0.25, -0.2) is 4.39 Å². The number of rotatable bonds is 10. The molecule has 2 aliphatic heterocycles. The number of benzene rings is 1. The standard InChI is InChI=1S/C32H46Cl2FN5O2/c1-31(2,3)19-27-32(20-41,23-17-25(35)24(34)18-26(23)36-4)28(21-8-6-9-22(33)16-21)29(38-27)30(42)37-10-7-11-40-14-12-39(5)13-15-40/h6,8-9,16,18,20,23,27-29,36,38H,7,10-15,17,19H2,1-5H3,(H,37,42)/t23?,27-,28+,29-,32-/m1/s1. The first-order valence-electron chi connectivity index (χ1n) is 15.0. The van der Waals surface area contributed by atoms with Gasteiger partial charge in [0.25, 0.3) is 0 Å². The Bertz CT molecular complexity index is 1190. The minimum Gasteiger partial charge on any atom is -0.391 e. The van der Waals surface area contributed by atoms with Gasteiger partial charge in [-0.15, -0.1) is 0 Å². The molecule has 2 heterocycles. The molecule has 1 aliphatic carbocycles. The van der Waals surface area contributed by atoms with E-state index in [-0.39, 0.29) is 22.8 Å². The smallest absolute Gasteiger partial charge is 0.237 e. The number of nitrogens with zero attached hydrogens (tertiary/aromatic N) is 2.